The average molecular weight is 295 g/mol. The summed E-state index contributed by atoms with van der Waals surface area (Å²) in [7, 11) is 0. The van der Waals surface area contributed by atoms with Gasteiger partial charge in [0.1, 0.15) is 6.54 Å². The van der Waals surface area contributed by atoms with E-state index in [4.69, 9.17) is 0 Å². The maximum absolute atomic E-state index is 11.9. The number of nitrogens with zero attached hydrogens (tertiary/aromatic N) is 4. The molecule has 2 aromatic rings. The zero-order valence-corrected chi connectivity index (χ0v) is 12.4. The summed E-state index contributed by atoms with van der Waals surface area (Å²) in [6.07, 6.45) is -0.656. The minimum Gasteiger partial charge on any atom is -0.391 e. The molecule has 0 aliphatic heterocycles. The Morgan fingerprint density at radius 2 is 2.35 bits per heavy atom. The van der Waals surface area contributed by atoms with Crippen LogP contribution in [0.2, 0.25) is 0 Å². The monoisotopic (exact) mass is 295 g/mol. The van der Waals surface area contributed by atoms with Gasteiger partial charge in [-0.1, -0.05) is 6.07 Å². The summed E-state index contributed by atoms with van der Waals surface area (Å²) in [5.41, 5.74) is -0.700. The van der Waals surface area contributed by atoms with Crippen LogP contribution < -0.4 is 5.32 Å². The number of nitrogens with one attached hydrogen (secondary N) is 1. The summed E-state index contributed by atoms with van der Waals surface area (Å²) in [4.78, 5) is 14.0. The van der Waals surface area contributed by atoms with Gasteiger partial charge in [0.05, 0.1) is 16.5 Å². The summed E-state index contributed by atoms with van der Waals surface area (Å²) in [5.74, 6) is 0.230. The van der Waals surface area contributed by atoms with Crippen molar-refractivity contribution in [1.29, 1.82) is 0 Å². The van der Waals surface area contributed by atoms with Gasteiger partial charge in [-0.3, -0.25) is 4.79 Å². The summed E-state index contributed by atoms with van der Waals surface area (Å²) in [6.45, 7) is 5.10. The number of amides is 1. The molecule has 0 spiro atoms. The number of carbonyl (C=O) groups is 1. The average Bonchev–Trinajstić information content (AvgIpc) is 2.97. The summed E-state index contributed by atoms with van der Waals surface area (Å²) in [6, 6.07) is 3.79. The highest BCUT2D eigenvalue weighted by Gasteiger charge is 2.26. The van der Waals surface area contributed by atoms with Gasteiger partial charge in [0.25, 0.3) is 0 Å². The lowest BCUT2D eigenvalue weighted by Crippen LogP contribution is -2.52. The Morgan fingerprint density at radius 3 is 2.95 bits per heavy atom. The van der Waals surface area contributed by atoms with E-state index in [2.05, 4.69) is 20.7 Å². The molecule has 2 N–H and O–H groups in total. The van der Waals surface area contributed by atoms with Crippen LogP contribution >= 0.6 is 11.3 Å². The minimum atomic E-state index is -0.700. The molecule has 0 saturated heterocycles. The molecule has 2 rings (SSSR count). The number of aliphatic hydroxyl groups is 1. The number of aromatic nitrogens is 4. The molecule has 7 nitrogen and oxygen atoms in total. The van der Waals surface area contributed by atoms with E-state index < -0.39 is 11.6 Å². The van der Waals surface area contributed by atoms with Crippen LogP contribution in [-0.4, -0.2) is 42.9 Å². The third-order valence-electron chi connectivity index (χ3n) is 2.99. The molecule has 1 amide bonds. The number of aliphatic hydroxyl groups excluding tert-OH is 1. The molecule has 108 valence electrons. The van der Waals surface area contributed by atoms with Gasteiger partial charge in [0.15, 0.2) is 0 Å². The van der Waals surface area contributed by atoms with E-state index in [9.17, 15) is 9.90 Å². The molecule has 20 heavy (non-hydrogen) atoms. The van der Waals surface area contributed by atoms with E-state index >= 15 is 0 Å². The highest BCUT2D eigenvalue weighted by atomic mass is 32.1. The molecule has 0 radical (unpaired) electrons. The van der Waals surface area contributed by atoms with Crippen LogP contribution in [-0.2, 0) is 11.3 Å². The van der Waals surface area contributed by atoms with Crippen LogP contribution in [0, 0.1) is 0 Å². The van der Waals surface area contributed by atoms with Crippen molar-refractivity contribution in [3.8, 4) is 10.7 Å². The van der Waals surface area contributed by atoms with Crippen molar-refractivity contribution >= 4 is 17.2 Å². The van der Waals surface area contributed by atoms with E-state index in [-0.39, 0.29) is 12.5 Å². The zero-order chi connectivity index (χ0) is 14.8. The van der Waals surface area contributed by atoms with Crippen molar-refractivity contribution in [1.82, 2.24) is 25.5 Å². The maximum Gasteiger partial charge on any atom is 0.244 e. The van der Waals surface area contributed by atoms with Crippen molar-refractivity contribution in [3.05, 3.63) is 17.5 Å². The fourth-order valence-corrected chi connectivity index (χ4v) is 2.09. The number of thiophene rings is 1. The first-order chi connectivity index (χ1) is 9.38. The zero-order valence-electron chi connectivity index (χ0n) is 11.6. The summed E-state index contributed by atoms with van der Waals surface area (Å²) in [5, 5.41) is 26.1. The molecule has 0 saturated carbocycles. The fourth-order valence-electron chi connectivity index (χ4n) is 1.45. The number of tetrazole rings is 1. The standard InChI is InChI=1S/C12H17N5O2S/c1-8(18)12(2,3)13-10(19)7-17-15-11(14-16-17)9-5-4-6-20-9/h4-6,8,18H,7H2,1-3H3,(H,13,19). The maximum atomic E-state index is 11.9. The first kappa shape index (κ1) is 14.6. The highest BCUT2D eigenvalue weighted by molar-refractivity contribution is 7.13. The smallest absolute Gasteiger partial charge is 0.244 e. The SMILES string of the molecule is CC(O)C(C)(C)NC(=O)Cn1nnc(-c2cccs2)n1. The lowest BCUT2D eigenvalue weighted by atomic mass is 9.99. The topological polar surface area (TPSA) is 92.9 Å². The molecule has 8 heteroatoms. The van der Waals surface area contributed by atoms with E-state index in [1.165, 1.54) is 16.1 Å². The normalized spacial score (nSPS) is 13.2. The van der Waals surface area contributed by atoms with Gasteiger partial charge in [-0.15, -0.1) is 21.5 Å². The van der Waals surface area contributed by atoms with Crippen LogP contribution in [0.5, 0.6) is 0 Å². The Morgan fingerprint density at radius 1 is 1.60 bits per heavy atom. The van der Waals surface area contributed by atoms with E-state index in [1.54, 1.807) is 20.8 Å². The molecule has 0 fully saturated rings. The third kappa shape index (κ3) is 3.40. The molecule has 0 aromatic carbocycles. The highest BCUT2D eigenvalue weighted by Crippen LogP contribution is 2.19. The summed E-state index contributed by atoms with van der Waals surface area (Å²) >= 11 is 1.51. The van der Waals surface area contributed by atoms with Gasteiger partial charge in [0, 0.05) is 0 Å². The van der Waals surface area contributed by atoms with Crippen LogP contribution in [0.3, 0.4) is 0 Å². The molecular formula is C12H17N5O2S. The minimum absolute atomic E-state index is 0.0332. The predicted octanol–water partition coefficient (Wildman–Crippen LogP) is 0.677. The number of rotatable bonds is 5. The first-order valence-electron chi connectivity index (χ1n) is 6.19. The number of hydrogen-bond acceptors (Lipinski definition) is 6. The lowest BCUT2D eigenvalue weighted by Gasteiger charge is -2.29. The van der Waals surface area contributed by atoms with Crippen LogP contribution in [0.15, 0.2) is 17.5 Å². The first-order valence-corrected chi connectivity index (χ1v) is 7.07. The molecule has 0 aliphatic rings. The van der Waals surface area contributed by atoms with Crippen molar-refractivity contribution < 1.29 is 9.90 Å². The Balaban J connectivity index is 1.99. The molecule has 2 heterocycles. The van der Waals surface area contributed by atoms with Gasteiger partial charge in [-0.05, 0) is 37.4 Å². The largest absolute Gasteiger partial charge is 0.391 e. The van der Waals surface area contributed by atoms with Gasteiger partial charge in [-0.25, -0.2) is 0 Å². The van der Waals surface area contributed by atoms with Gasteiger partial charge in [-0.2, -0.15) is 4.80 Å². The van der Waals surface area contributed by atoms with E-state index in [0.29, 0.717) is 5.82 Å². The fraction of sp³-hybridized carbons (Fsp3) is 0.500. The molecule has 0 aliphatic carbocycles. The number of hydrogen-bond donors (Lipinski definition) is 2. The molecule has 0 bridgehead atoms. The Bertz CT molecular complexity index is 576. The second kappa shape index (κ2) is 5.68. The number of carbonyl (C=O) groups excluding carboxylic acids is 1. The van der Waals surface area contributed by atoms with Crippen molar-refractivity contribution in [3.63, 3.8) is 0 Å². The van der Waals surface area contributed by atoms with Gasteiger partial charge in [0.2, 0.25) is 11.7 Å². The van der Waals surface area contributed by atoms with Crippen molar-refractivity contribution in [2.24, 2.45) is 0 Å². The quantitative estimate of drug-likeness (QED) is 0.846. The van der Waals surface area contributed by atoms with Crippen LogP contribution in [0.25, 0.3) is 10.7 Å². The predicted molar refractivity (Wildman–Crippen MR) is 75.0 cm³/mol. The Hall–Kier alpha value is -1.80. The van der Waals surface area contributed by atoms with Crippen LogP contribution in [0.1, 0.15) is 20.8 Å². The third-order valence-corrected chi connectivity index (χ3v) is 3.85. The van der Waals surface area contributed by atoms with E-state index in [0.717, 1.165) is 4.88 Å². The second-order valence-electron chi connectivity index (χ2n) is 5.07. The molecule has 1 unspecified atom stereocenters. The van der Waals surface area contributed by atoms with E-state index in [1.807, 2.05) is 17.5 Å². The Kier molecular flexibility index (Phi) is 4.15. The van der Waals surface area contributed by atoms with Crippen LogP contribution in [0.4, 0.5) is 0 Å². The lowest BCUT2D eigenvalue weighted by molar-refractivity contribution is -0.125. The summed E-state index contributed by atoms with van der Waals surface area (Å²) < 4.78 is 0. The van der Waals surface area contributed by atoms with Crippen molar-refractivity contribution in [2.75, 3.05) is 0 Å². The Labute approximate surface area is 120 Å². The molecule has 1 atom stereocenters. The van der Waals surface area contributed by atoms with Crippen molar-refractivity contribution in [2.45, 2.75) is 39.0 Å². The second-order valence-corrected chi connectivity index (χ2v) is 6.01. The molecular weight excluding hydrogens is 278 g/mol. The molecule has 2 aromatic heterocycles. The van der Waals surface area contributed by atoms with Gasteiger partial charge < -0.3 is 10.4 Å². The van der Waals surface area contributed by atoms with Gasteiger partial charge >= 0.3 is 0 Å².